The molecule has 2 aromatic rings. The van der Waals surface area contributed by atoms with Crippen molar-refractivity contribution in [3.8, 4) is 11.4 Å². The highest BCUT2D eigenvalue weighted by molar-refractivity contribution is 5.85. The lowest BCUT2D eigenvalue weighted by molar-refractivity contribution is -0.137. The van der Waals surface area contributed by atoms with E-state index in [1.54, 1.807) is 6.92 Å². The molecule has 0 bridgehead atoms. The summed E-state index contributed by atoms with van der Waals surface area (Å²) in [5, 5.41) is 3.60. The standard InChI is InChI=1S/C11H10F3N3O.ClH/c1-6(15)10-16-9(17-18-10)7-3-2-4-8(5-7)11(12,13)14;/h2-6H,15H2,1H3;1H/t6-;/m1./s1. The second kappa shape index (κ2) is 5.58. The third-order valence-electron chi connectivity index (χ3n) is 2.28. The van der Waals surface area contributed by atoms with Crippen LogP contribution in [0.3, 0.4) is 0 Å². The molecule has 104 valence electrons. The molecule has 0 amide bonds. The van der Waals surface area contributed by atoms with Crippen molar-refractivity contribution in [3.63, 3.8) is 0 Å². The highest BCUT2D eigenvalue weighted by Gasteiger charge is 2.30. The Hall–Kier alpha value is -1.60. The first-order chi connectivity index (χ1) is 8.38. The normalized spacial score (nSPS) is 12.9. The molecule has 8 heteroatoms. The van der Waals surface area contributed by atoms with E-state index in [1.165, 1.54) is 12.1 Å². The molecule has 0 fully saturated rings. The van der Waals surface area contributed by atoms with Crippen molar-refractivity contribution >= 4 is 12.4 Å². The minimum Gasteiger partial charge on any atom is -0.337 e. The summed E-state index contributed by atoms with van der Waals surface area (Å²) in [6.07, 6.45) is -4.40. The molecule has 0 spiro atoms. The summed E-state index contributed by atoms with van der Waals surface area (Å²) >= 11 is 0. The maximum absolute atomic E-state index is 12.5. The van der Waals surface area contributed by atoms with E-state index in [9.17, 15) is 13.2 Å². The second-order valence-electron chi connectivity index (χ2n) is 3.82. The van der Waals surface area contributed by atoms with Gasteiger partial charge in [0.1, 0.15) is 0 Å². The molecule has 1 aromatic heterocycles. The van der Waals surface area contributed by atoms with E-state index in [2.05, 4.69) is 10.1 Å². The molecular weight excluding hydrogens is 283 g/mol. The molecular formula is C11H11ClF3N3O. The summed E-state index contributed by atoms with van der Waals surface area (Å²) in [4.78, 5) is 3.93. The number of aromatic nitrogens is 2. The number of alkyl halides is 3. The van der Waals surface area contributed by atoms with Crippen molar-refractivity contribution in [1.29, 1.82) is 0 Å². The quantitative estimate of drug-likeness (QED) is 0.923. The van der Waals surface area contributed by atoms with Crippen LogP contribution in [-0.4, -0.2) is 10.1 Å². The predicted molar refractivity (Wildman–Crippen MR) is 64.6 cm³/mol. The second-order valence-corrected chi connectivity index (χ2v) is 3.82. The molecule has 0 aliphatic rings. The van der Waals surface area contributed by atoms with Gasteiger partial charge < -0.3 is 10.3 Å². The summed E-state index contributed by atoms with van der Waals surface area (Å²) in [7, 11) is 0. The first kappa shape index (κ1) is 15.5. The van der Waals surface area contributed by atoms with Gasteiger partial charge in [-0.1, -0.05) is 17.3 Å². The van der Waals surface area contributed by atoms with E-state index in [0.717, 1.165) is 12.1 Å². The van der Waals surface area contributed by atoms with Crippen LogP contribution in [0.2, 0.25) is 0 Å². The zero-order valence-corrected chi connectivity index (χ0v) is 10.6. The van der Waals surface area contributed by atoms with Crippen molar-refractivity contribution in [2.24, 2.45) is 5.73 Å². The van der Waals surface area contributed by atoms with Gasteiger partial charge in [0.25, 0.3) is 0 Å². The lowest BCUT2D eigenvalue weighted by Crippen LogP contribution is -2.05. The van der Waals surface area contributed by atoms with Crippen molar-refractivity contribution in [3.05, 3.63) is 35.7 Å². The summed E-state index contributed by atoms with van der Waals surface area (Å²) in [6.45, 7) is 1.64. The zero-order chi connectivity index (χ0) is 13.3. The van der Waals surface area contributed by atoms with Crippen molar-refractivity contribution in [1.82, 2.24) is 10.1 Å². The summed E-state index contributed by atoms with van der Waals surface area (Å²) in [5.41, 5.74) is 5.01. The molecule has 0 aliphatic heterocycles. The van der Waals surface area contributed by atoms with Crippen LogP contribution < -0.4 is 5.73 Å². The van der Waals surface area contributed by atoms with Gasteiger partial charge in [-0.05, 0) is 19.1 Å². The number of rotatable bonds is 2. The fourth-order valence-electron chi connectivity index (χ4n) is 1.37. The highest BCUT2D eigenvalue weighted by Crippen LogP contribution is 2.31. The molecule has 0 aliphatic carbocycles. The molecule has 19 heavy (non-hydrogen) atoms. The molecule has 0 saturated heterocycles. The van der Waals surface area contributed by atoms with Gasteiger partial charge in [0, 0.05) is 5.56 Å². The minimum absolute atomic E-state index is 0. The van der Waals surface area contributed by atoms with Gasteiger partial charge in [0.05, 0.1) is 11.6 Å². The van der Waals surface area contributed by atoms with E-state index in [0.29, 0.717) is 0 Å². The Morgan fingerprint density at radius 1 is 1.32 bits per heavy atom. The Bertz CT molecular complexity index is 554. The van der Waals surface area contributed by atoms with Gasteiger partial charge in [0.15, 0.2) is 0 Å². The topological polar surface area (TPSA) is 64.9 Å². The fourth-order valence-corrected chi connectivity index (χ4v) is 1.37. The Balaban J connectivity index is 0.00000180. The molecule has 1 aromatic carbocycles. The Morgan fingerprint density at radius 3 is 2.53 bits per heavy atom. The fraction of sp³-hybridized carbons (Fsp3) is 0.273. The molecule has 2 N–H and O–H groups in total. The average Bonchev–Trinajstić information content (AvgIpc) is 2.77. The molecule has 2 rings (SSSR count). The Morgan fingerprint density at radius 2 is 2.00 bits per heavy atom. The van der Waals surface area contributed by atoms with Gasteiger partial charge >= 0.3 is 6.18 Å². The van der Waals surface area contributed by atoms with Crippen molar-refractivity contribution in [2.75, 3.05) is 0 Å². The summed E-state index contributed by atoms with van der Waals surface area (Å²) < 4.78 is 42.4. The number of hydrogen-bond donors (Lipinski definition) is 1. The zero-order valence-electron chi connectivity index (χ0n) is 9.81. The maximum atomic E-state index is 12.5. The van der Waals surface area contributed by atoms with Gasteiger partial charge in [-0.15, -0.1) is 12.4 Å². The Labute approximate surface area is 113 Å². The van der Waals surface area contributed by atoms with Crippen LogP contribution in [0.1, 0.15) is 24.4 Å². The van der Waals surface area contributed by atoms with Crippen LogP contribution in [0, 0.1) is 0 Å². The number of nitrogens with two attached hydrogens (primary N) is 1. The van der Waals surface area contributed by atoms with Crippen LogP contribution in [0.4, 0.5) is 13.2 Å². The van der Waals surface area contributed by atoms with E-state index in [1.807, 2.05) is 0 Å². The molecule has 1 heterocycles. The van der Waals surface area contributed by atoms with E-state index >= 15 is 0 Å². The third kappa shape index (κ3) is 3.45. The SMILES string of the molecule is C[C@@H](N)c1nc(-c2cccc(C(F)(F)F)c2)no1.Cl. The number of hydrogen-bond acceptors (Lipinski definition) is 4. The van der Waals surface area contributed by atoms with Crippen LogP contribution >= 0.6 is 12.4 Å². The molecule has 0 saturated carbocycles. The minimum atomic E-state index is -4.40. The molecule has 4 nitrogen and oxygen atoms in total. The lowest BCUT2D eigenvalue weighted by Gasteiger charge is -2.06. The van der Waals surface area contributed by atoms with Crippen molar-refractivity contribution in [2.45, 2.75) is 19.1 Å². The summed E-state index contributed by atoms with van der Waals surface area (Å²) in [5.74, 6) is 0.274. The Kier molecular flexibility index (Phi) is 4.54. The maximum Gasteiger partial charge on any atom is 0.416 e. The van der Waals surface area contributed by atoms with E-state index in [-0.39, 0.29) is 29.7 Å². The molecule has 0 radical (unpaired) electrons. The van der Waals surface area contributed by atoms with E-state index in [4.69, 9.17) is 10.3 Å². The number of nitrogens with zero attached hydrogens (tertiary/aromatic N) is 2. The van der Waals surface area contributed by atoms with Gasteiger partial charge in [-0.3, -0.25) is 0 Å². The first-order valence-electron chi connectivity index (χ1n) is 5.15. The number of benzene rings is 1. The highest BCUT2D eigenvalue weighted by atomic mass is 35.5. The number of halogens is 4. The average molecular weight is 294 g/mol. The monoisotopic (exact) mass is 293 g/mol. The van der Waals surface area contributed by atoms with Crippen LogP contribution in [0.25, 0.3) is 11.4 Å². The van der Waals surface area contributed by atoms with Crippen LogP contribution in [-0.2, 0) is 6.18 Å². The van der Waals surface area contributed by atoms with E-state index < -0.39 is 17.8 Å². The third-order valence-corrected chi connectivity index (χ3v) is 2.28. The lowest BCUT2D eigenvalue weighted by atomic mass is 10.1. The molecule has 1 atom stereocenters. The predicted octanol–water partition coefficient (Wildman–Crippen LogP) is 3.20. The first-order valence-corrected chi connectivity index (χ1v) is 5.15. The molecule has 0 unspecified atom stereocenters. The smallest absolute Gasteiger partial charge is 0.337 e. The van der Waals surface area contributed by atoms with Crippen LogP contribution in [0.5, 0.6) is 0 Å². The van der Waals surface area contributed by atoms with Gasteiger partial charge in [-0.2, -0.15) is 18.2 Å². The van der Waals surface area contributed by atoms with Crippen LogP contribution in [0.15, 0.2) is 28.8 Å². The van der Waals surface area contributed by atoms with Gasteiger partial charge in [-0.25, -0.2) is 0 Å². The van der Waals surface area contributed by atoms with Gasteiger partial charge in [0.2, 0.25) is 11.7 Å². The summed E-state index contributed by atoms with van der Waals surface area (Å²) in [6, 6.07) is 4.26. The van der Waals surface area contributed by atoms with Crippen molar-refractivity contribution < 1.29 is 17.7 Å². The largest absolute Gasteiger partial charge is 0.416 e.